The first kappa shape index (κ1) is 10.5. The van der Waals surface area contributed by atoms with Crippen LogP contribution >= 0.6 is 11.1 Å². The summed E-state index contributed by atoms with van der Waals surface area (Å²) in [6.07, 6.45) is 0. The summed E-state index contributed by atoms with van der Waals surface area (Å²) < 4.78 is 0. The van der Waals surface area contributed by atoms with Gasteiger partial charge in [-0.15, -0.1) is 0 Å². The van der Waals surface area contributed by atoms with Crippen molar-refractivity contribution >= 4 is 19.2 Å². The average molecular weight is 180 g/mol. The molecule has 0 aliphatic heterocycles. The molecular formula is C7H18ClNSi. The summed E-state index contributed by atoms with van der Waals surface area (Å²) in [6, 6.07) is 1.22. The van der Waals surface area contributed by atoms with Gasteiger partial charge >= 0.3 is 0 Å². The molecule has 0 heterocycles. The van der Waals surface area contributed by atoms with Gasteiger partial charge in [0.2, 0.25) is 0 Å². The molecule has 0 aromatic heterocycles. The second kappa shape index (κ2) is 6.19. The molecule has 1 nitrogen and oxygen atoms in total. The molecule has 0 radical (unpaired) electrons. The summed E-state index contributed by atoms with van der Waals surface area (Å²) in [6.45, 7) is 8.73. The summed E-state index contributed by atoms with van der Waals surface area (Å²) in [5.41, 5.74) is 0.736. The van der Waals surface area contributed by atoms with Crippen LogP contribution < -0.4 is 5.32 Å². The van der Waals surface area contributed by atoms with Crippen LogP contribution in [-0.4, -0.2) is 21.2 Å². The van der Waals surface area contributed by atoms with E-state index in [1.165, 1.54) is 6.04 Å². The Morgan fingerprint density at radius 1 is 1.50 bits per heavy atom. The smallest absolute Gasteiger partial charge is 0.144 e. The van der Waals surface area contributed by atoms with E-state index in [2.05, 4.69) is 26.1 Å². The minimum atomic E-state index is -0.897. The molecule has 0 fully saturated rings. The molecule has 3 heteroatoms. The largest absolute Gasteiger partial charge is 0.317 e. The van der Waals surface area contributed by atoms with Gasteiger partial charge in [0.15, 0.2) is 0 Å². The molecule has 0 aliphatic rings. The van der Waals surface area contributed by atoms with E-state index in [4.69, 9.17) is 11.1 Å². The number of hydrogen-bond acceptors (Lipinski definition) is 1. The number of halogens is 1. The van der Waals surface area contributed by atoms with E-state index in [0.717, 1.165) is 18.6 Å². The number of rotatable bonds is 5. The first-order chi connectivity index (χ1) is 4.68. The summed E-state index contributed by atoms with van der Waals surface area (Å²) in [4.78, 5) is 0. The molecule has 0 spiro atoms. The lowest BCUT2D eigenvalue weighted by Crippen LogP contribution is -2.20. The van der Waals surface area contributed by atoms with Gasteiger partial charge in [-0.1, -0.05) is 20.8 Å². The van der Waals surface area contributed by atoms with Crippen LogP contribution in [0.15, 0.2) is 0 Å². The third-order valence-electron chi connectivity index (χ3n) is 1.57. The van der Waals surface area contributed by atoms with E-state index in [0.29, 0.717) is 0 Å². The van der Waals surface area contributed by atoms with Crippen LogP contribution in [0.2, 0.25) is 11.6 Å². The fourth-order valence-corrected chi connectivity index (χ4v) is 2.22. The van der Waals surface area contributed by atoms with E-state index in [1.54, 1.807) is 0 Å². The normalized spacial score (nSPS) is 14.1. The van der Waals surface area contributed by atoms with Gasteiger partial charge in [0, 0.05) is 0 Å². The molecule has 0 saturated heterocycles. The van der Waals surface area contributed by atoms with Gasteiger partial charge in [0.25, 0.3) is 0 Å². The highest BCUT2D eigenvalue weighted by atomic mass is 35.6. The topological polar surface area (TPSA) is 12.0 Å². The fourth-order valence-electron chi connectivity index (χ4n) is 0.750. The van der Waals surface area contributed by atoms with Gasteiger partial charge in [-0.05, 0) is 24.7 Å². The lowest BCUT2D eigenvalue weighted by Gasteiger charge is -2.10. The lowest BCUT2D eigenvalue weighted by molar-refractivity contribution is 0.756. The van der Waals surface area contributed by atoms with E-state index >= 15 is 0 Å². The molecule has 10 heavy (non-hydrogen) atoms. The second-order valence-corrected chi connectivity index (χ2v) is 7.53. The van der Waals surface area contributed by atoms with Gasteiger partial charge in [-0.3, -0.25) is 0 Å². The predicted octanol–water partition coefficient (Wildman–Crippen LogP) is 1.97. The molecule has 1 N–H and O–H groups in total. The van der Waals surface area contributed by atoms with E-state index in [-0.39, 0.29) is 0 Å². The zero-order valence-corrected chi connectivity index (χ0v) is 9.06. The van der Waals surface area contributed by atoms with Crippen molar-refractivity contribution in [2.45, 2.75) is 32.4 Å². The van der Waals surface area contributed by atoms with Crippen LogP contribution in [0, 0.1) is 0 Å². The van der Waals surface area contributed by atoms with Crippen LogP contribution in [0.3, 0.4) is 0 Å². The van der Waals surface area contributed by atoms with Crippen molar-refractivity contribution in [3.63, 3.8) is 0 Å². The Morgan fingerprint density at radius 2 is 2.10 bits per heavy atom. The van der Waals surface area contributed by atoms with Crippen LogP contribution in [0.4, 0.5) is 0 Å². The molecule has 0 bridgehead atoms. The van der Waals surface area contributed by atoms with Crippen molar-refractivity contribution in [1.29, 1.82) is 0 Å². The zero-order chi connectivity index (χ0) is 7.98. The van der Waals surface area contributed by atoms with Crippen LogP contribution in [0.1, 0.15) is 20.8 Å². The Balaban J connectivity index is 3.13. The van der Waals surface area contributed by atoms with Crippen molar-refractivity contribution < 1.29 is 0 Å². The Morgan fingerprint density at radius 3 is 2.50 bits per heavy atom. The van der Waals surface area contributed by atoms with Gasteiger partial charge in [0.05, 0.1) is 0 Å². The molecule has 0 amide bonds. The summed E-state index contributed by atoms with van der Waals surface area (Å²) >= 11 is 6.15. The molecule has 1 unspecified atom stereocenters. The maximum absolute atomic E-state index is 6.15. The van der Waals surface area contributed by atoms with Crippen LogP contribution in [0.25, 0.3) is 0 Å². The number of nitrogens with one attached hydrogen (secondary N) is 1. The number of hydrogen-bond donors (Lipinski definition) is 1. The summed E-state index contributed by atoms with van der Waals surface area (Å²) in [7, 11) is -0.897. The highest BCUT2D eigenvalue weighted by Gasteiger charge is 2.10. The third-order valence-corrected chi connectivity index (χ3v) is 6.02. The van der Waals surface area contributed by atoms with Crippen molar-refractivity contribution in [3.05, 3.63) is 0 Å². The van der Waals surface area contributed by atoms with E-state index in [9.17, 15) is 0 Å². The first-order valence-electron chi connectivity index (χ1n) is 4.03. The molecule has 62 valence electrons. The molecule has 0 rings (SSSR count). The van der Waals surface area contributed by atoms with E-state index in [1.807, 2.05) is 0 Å². The van der Waals surface area contributed by atoms with Crippen LogP contribution in [0.5, 0.6) is 0 Å². The molecule has 0 aliphatic carbocycles. The SMILES string of the molecule is CCNCC[SiH](Cl)C(C)C. The maximum Gasteiger partial charge on any atom is 0.144 e. The Labute approximate surface area is 70.5 Å². The Hall–Kier alpha value is 0.467. The standard InChI is InChI=1S/C7H18ClNSi/c1-4-9-5-6-10(8)7(2)3/h7,9-10H,4-6H2,1-3H3. The van der Waals surface area contributed by atoms with Gasteiger partial charge in [-0.2, -0.15) is 11.1 Å². The molecular weight excluding hydrogens is 162 g/mol. The minimum Gasteiger partial charge on any atom is -0.317 e. The molecule has 0 saturated carbocycles. The lowest BCUT2D eigenvalue weighted by atomic mass is 10.6. The van der Waals surface area contributed by atoms with Crippen LogP contribution in [-0.2, 0) is 0 Å². The average Bonchev–Trinajstić information content (AvgIpc) is 1.88. The van der Waals surface area contributed by atoms with Gasteiger partial charge in [-0.25, -0.2) is 0 Å². The Kier molecular flexibility index (Phi) is 6.48. The molecule has 0 aromatic rings. The highest BCUT2D eigenvalue weighted by molar-refractivity contribution is 7.07. The van der Waals surface area contributed by atoms with Gasteiger partial charge < -0.3 is 5.32 Å². The maximum atomic E-state index is 6.15. The second-order valence-electron chi connectivity index (χ2n) is 2.90. The van der Waals surface area contributed by atoms with Gasteiger partial charge in [0.1, 0.15) is 8.11 Å². The molecule has 0 aromatic carbocycles. The minimum absolute atomic E-state index is 0.736. The quantitative estimate of drug-likeness (QED) is 0.387. The predicted molar refractivity (Wildman–Crippen MR) is 51.5 cm³/mol. The fraction of sp³-hybridized carbons (Fsp3) is 1.00. The Bertz CT molecular complexity index is 78.0. The summed E-state index contributed by atoms with van der Waals surface area (Å²) in [5, 5.41) is 3.28. The van der Waals surface area contributed by atoms with Crippen molar-refractivity contribution in [1.82, 2.24) is 5.32 Å². The first-order valence-corrected chi connectivity index (χ1v) is 7.26. The van der Waals surface area contributed by atoms with Crippen molar-refractivity contribution in [2.24, 2.45) is 0 Å². The summed E-state index contributed by atoms with van der Waals surface area (Å²) in [5.74, 6) is 0. The van der Waals surface area contributed by atoms with Crippen molar-refractivity contribution in [2.75, 3.05) is 13.1 Å². The highest BCUT2D eigenvalue weighted by Crippen LogP contribution is 2.14. The monoisotopic (exact) mass is 179 g/mol. The van der Waals surface area contributed by atoms with Crippen molar-refractivity contribution in [3.8, 4) is 0 Å². The third kappa shape index (κ3) is 5.27. The van der Waals surface area contributed by atoms with E-state index < -0.39 is 8.11 Å². The zero-order valence-electron chi connectivity index (χ0n) is 7.15. The molecule has 1 atom stereocenters.